The Kier molecular flexibility index (Phi) is 6.46. The standard InChI is InChI=1S/C22H22FN3O4/c1-25(13-15-7-6-10-19(29-2)22(15)30-3)21(28)14-26-20(27)12-11-18(24-26)16-8-4-5-9-17(16)23/h4-12H,13-14H2,1-3H3. The number of benzene rings is 2. The lowest BCUT2D eigenvalue weighted by Crippen LogP contribution is -2.34. The molecule has 2 aromatic carbocycles. The van der Waals surface area contributed by atoms with Crippen LogP contribution in [0.2, 0.25) is 0 Å². The van der Waals surface area contributed by atoms with Crippen molar-refractivity contribution in [2.75, 3.05) is 21.3 Å². The molecule has 0 saturated heterocycles. The number of amides is 1. The van der Waals surface area contributed by atoms with Gasteiger partial charge in [0, 0.05) is 30.8 Å². The average Bonchev–Trinajstić information content (AvgIpc) is 2.75. The van der Waals surface area contributed by atoms with Gasteiger partial charge in [0.15, 0.2) is 11.5 Å². The van der Waals surface area contributed by atoms with E-state index in [1.54, 1.807) is 37.4 Å². The number of likely N-dealkylation sites (N-methyl/N-ethyl adjacent to an activating group) is 1. The maximum atomic E-state index is 14.0. The number of nitrogens with zero attached hydrogens (tertiary/aromatic N) is 3. The number of carbonyl (C=O) groups excluding carboxylic acids is 1. The van der Waals surface area contributed by atoms with Crippen LogP contribution in [-0.2, 0) is 17.9 Å². The highest BCUT2D eigenvalue weighted by atomic mass is 19.1. The molecular formula is C22H22FN3O4. The molecule has 0 radical (unpaired) electrons. The van der Waals surface area contributed by atoms with Gasteiger partial charge in [-0.15, -0.1) is 0 Å². The largest absolute Gasteiger partial charge is 0.493 e. The third-order valence-corrected chi connectivity index (χ3v) is 4.62. The summed E-state index contributed by atoms with van der Waals surface area (Å²) in [7, 11) is 4.69. The zero-order valence-electron chi connectivity index (χ0n) is 17.0. The molecule has 0 saturated carbocycles. The van der Waals surface area contributed by atoms with Crippen LogP contribution in [0.4, 0.5) is 4.39 Å². The molecule has 0 fully saturated rings. The molecule has 30 heavy (non-hydrogen) atoms. The summed E-state index contributed by atoms with van der Waals surface area (Å²) in [6.45, 7) is -0.0229. The lowest BCUT2D eigenvalue weighted by atomic mass is 10.1. The summed E-state index contributed by atoms with van der Waals surface area (Å²) in [4.78, 5) is 26.4. The van der Waals surface area contributed by atoms with Crippen molar-refractivity contribution in [3.8, 4) is 22.8 Å². The third-order valence-electron chi connectivity index (χ3n) is 4.62. The second kappa shape index (κ2) is 9.21. The smallest absolute Gasteiger partial charge is 0.267 e. The molecule has 0 bridgehead atoms. The Labute approximate surface area is 173 Å². The van der Waals surface area contributed by atoms with Gasteiger partial charge in [0.25, 0.3) is 5.56 Å². The molecule has 7 nitrogen and oxygen atoms in total. The first kappa shape index (κ1) is 21.0. The number of para-hydroxylation sites is 1. The van der Waals surface area contributed by atoms with Crippen LogP contribution in [0.3, 0.4) is 0 Å². The van der Waals surface area contributed by atoms with Gasteiger partial charge in [0.05, 0.1) is 19.9 Å². The van der Waals surface area contributed by atoms with Gasteiger partial charge in [0.2, 0.25) is 5.91 Å². The van der Waals surface area contributed by atoms with Crippen LogP contribution >= 0.6 is 0 Å². The number of methoxy groups -OCH3 is 2. The Balaban J connectivity index is 1.80. The van der Waals surface area contributed by atoms with Crippen LogP contribution in [0.25, 0.3) is 11.3 Å². The topological polar surface area (TPSA) is 73.7 Å². The van der Waals surface area contributed by atoms with Gasteiger partial charge in [-0.25, -0.2) is 9.07 Å². The van der Waals surface area contributed by atoms with Gasteiger partial charge in [-0.05, 0) is 24.3 Å². The number of carbonyl (C=O) groups is 1. The van der Waals surface area contributed by atoms with E-state index in [0.29, 0.717) is 11.5 Å². The fourth-order valence-corrected chi connectivity index (χ4v) is 3.05. The highest BCUT2D eigenvalue weighted by Gasteiger charge is 2.17. The van der Waals surface area contributed by atoms with Gasteiger partial charge in [-0.2, -0.15) is 5.10 Å². The Morgan fingerprint density at radius 3 is 2.53 bits per heavy atom. The van der Waals surface area contributed by atoms with Gasteiger partial charge < -0.3 is 14.4 Å². The average molecular weight is 411 g/mol. The normalized spacial score (nSPS) is 10.5. The minimum Gasteiger partial charge on any atom is -0.493 e. The first-order chi connectivity index (χ1) is 14.4. The van der Waals surface area contributed by atoms with Crippen molar-refractivity contribution in [1.82, 2.24) is 14.7 Å². The van der Waals surface area contributed by atoms with Crippen LogP contribution in [0.15, 0.2) is 59.4 Å². The lowest BCUT2D eigenvalue weighted by molar-refractivity contribution is -0.131. The quantitative estimate of drug-likeness (QED) is 0.598. The number of halogens is 1. The molecule has 0 aliphatic rings. The molecule has 8 heteroatoms. The molecule has 1 heterocycles. The van der Waals surface area contributed by atoms with Gasteiger partial charge in [-0.3, -0.25) is 9.59 Å². The summed E-state index contributed by atoms with van der Waals surface area (Å²) in [6, 6.07) is 14.2. The fourth-order valence-electron chi connectivity index (χ4n) is 3.05. The molecule has 0 aliphatic heterocycles. The monoisotopic (exact) mass is 411 g/mol. The van der Waals surface area contributed by atoms with Crippen LogP contribution in [0.5, 0.6) is 11.5 Å². The van der Waals surface area contributed by atoms with E-state index in [4.69, 9.17) is 9.47 Å². The van der Waals surface area contributed by atoms with E-state index in [1.165, 1.54) is 37.3 Å². The molecule has 3 aromatic rings. The van der Waals surface area contributed by atoms with Crippen molar-refractivity contribution in [2.45, 2.75) is 13.1 Å². The van der Waals surface area contributed by atoms with Crippen molar-refractivity contribution in [3.63, 3.8) is 0 Å². The lowest BCUT2D eigenvalue weighted by Gasteiger charge is -2.20. The van der Waals surface area contributed by atoms with E-state index in [9.17, 15) is 14.0 Å². The maximum absolute atomic E-state index is 14.0. The van der Waals surface area contributed by atoms with Crippen LogP contribution in [-0.4, -0.2) is 41.9 Å². The predicted molar refractivity (Wildman–Crippen MR) is 110 cm³/mol. The van der Waals surface area contributed by atoms with Crippen molar-refractivity contribution in [1.29, 1.82) is 0 Å². The summed E-state index contributed by atoms with van der Waals surface area (Å²) < 4.78 is 25.8. The Hall–Kier alpha value is -3.68. The highest BCUT2D eigenvalue weighted by molar-refractivity contribution is 5.75. The van der Waals surface area contributed by atoms with E-state index in [2.05, 4.69) is 5.10 Å². The molecule has 0 spiro atoms. The SMILES string of the molecule is COc1cccc(CN(C)C(=O)Cn2nc(-c3ccccc3F)ccc2=O)c1OC. The number of aromatic nitrogens is 2. The summed E-state index contributed by atoms with van der Waals surface area (Å²) in [5.41, 5.74) is 0.842. The second-order valence-electron chi connectivity index (χ2n) is 6.60. The molecule has 0 aliphatic carbocycles. The fraction of sp³-hybridized carbons (Fsp3) is 0.227. The molecule has 1 aromatic heterocycles. The molecular weight excluding hydrogens is 389 g/mol. The van der Waals surface area contributed by atoms with E-state index in [1.807, 2.05) is 6.07 Å². The zero-order chi connectivity index (χ0) is 21.7. The molecule has 0 unspecified atom stereocenters. The molecule has 0 N–H and O–H groups in total. The van der Waals surface area contributed by atoms with Crippen molar-refractivity contribution in [3.05, 3.63) is 76.3 Å². The Morgan fingerprint density at radius 2 is 1.83 bits per heavy atom. The zero-order valence-corrected chi connectivity index (χ0v) is 17.0. The van der Waals surface area contributed by atoms with E-state index < -0.39 is 11.4 Å². The van der Waals surface area contributed by atoms with Gasteiger partial charge in [-0.1, -0.05) is 24.3 Å². The van der Waals surface area contributed by atoms with Crippen LogP contribution < -0.4 is 15.0 Å². The van der Waals surface area contributed by atoms with Crippen LogP contribution in [0.1, 0.15) is 5.56 Å². The van der Waals surface area contributed by atoms with Gasteiger partial charge >= 0.3 is 0 Å². The molecule has 156 valence electrons. The minimum absolute atomic E-state index is 0.251. The summed E-state index contributed by atoms with van der Waals surface area (Å²) in [6.07, 6.45) is 0. The van der Waals surface area contributed by atoms with Crippen molar-refractivity contribution in [2.24, 2.45) is 0 Å². The third kappa shape index (κ3) is 4.48. The summed E-state index contributed by atoms with van der Waals surface area (Å²) in [5, 5.41) is 4.17. The minimum atomic E-state index is -0.455. The first-order valence-electron chi connectivity index (χ1n) is 9.21. The van der Waals surface area contributed by atoms with Crippen molar-refractivity contribution < 1.29 is 18.7 Å². The summed E-state index contributed by atoms with van der Waals surface area (Å²) >= 11 is 0. The molecule has 0 atom stereocenters. The van der Waals surface area contributed by atoms with E-state index in [-0.39, 0.29) is 30.3 Å². The maximum Gasteiger partial charge on any atom is 0.267 e. The number of hydrogen-bond acceptors (Lipinski definition) is 5. The van der Waals surface area contributed by atoms with Crippen molar-refractivity contribution >= 4 is 5.91 Å². The molecule has 3 rings (SSSR count). The predicted octanol–water partition coefficient (Wildman–Crippen LogP) is 2.73. The highest BCUT2D eigenvalue weighted by Crippen LogP contribution is 2.31. The Morgan fingerprint density at radius 1 is 1.07 bits per heavy atom. The first-order valence-corrected chi connectivity index (χ1v) is 9.21. The second-order valence-corrected chi connectivity index (χ2v) is 6.60. The van der Waals surface area contributed by atoms with Gasteiger partial charge in [0.1, 0.15) is 12.4 Å². The van der Waals surface area contributed by atoms with Crippen LogP contribution in [0, 0.1) is 5.82 Å². The summed E-state index contributed by atoms with van der Waals surface area (Å²) in [5.74, 6) is 0.312. The number of hydrogen-bond donors (Lipinski definition) is 0. The van der Waals surface area contributed by atoms with E-state index >= 15 is 0 Å². The number of ether oxygens (including phenoxy) is 2. The molecule has 1 amide bonds. The number of rotatable bonds is 7. The Bertz CT molecular complexity index is 1110. The van der Waals surface area contributed by atoms with E-state index in [0.717, 1.165) is 10.2 Å².